The molecule has 0 saturated carbocycles. The molecule has 1 N–H and O–H groups in total. The number of nitrogens with zero attached hydrogens (tertiary/aromatic N) is 3. The highest BCUT2D eigenvalue weighted by Crippen LogP contribution is 2.27. The summed E-state index contributed by atoms with van der Waals surface area (Å²) in [6, 6.07) is 11.7. The van der Waals surface area contributed by atoms with Gasteiger partial charge in [-0.15, -0.1) is 15.0 Å². The average molecular weight is 267 g/mol. The summed E-state index contributed by atoms with van der Waals surface area (Å²) < 4.78 is 0. The summed E-state index contributed by atoms with van der Waals surface area (Å²) in [7, 11) is 0. The molecule has 4 nitrogen and oxygen atoms in total. The number of fused-ring (bicyclic) bond motifs is 1. The van der Waals surface area contributed by atoms with Gasteiger partial charge in [0.25, 0.3) is 0 Å². The first-order valence-electron chi connectivity index (χ1n) is 6.84. The van der Waals surface area contributed by atoms with Crippen molar-refractivity contribution in [2.24, 2.45) is 0 Å². The molecule has 0 unspecified atom stereocenters. The van der Waals surface area contributed by atoms with E-state index in [1.807, 2.05) is 43.3 Å². The lowest BCUT2D eigenvalue weighted by Crippen LogP contribution is -2.01. The van der Waals surface area contributed by atoms with Gasteiger partial charge >= 0.3 is 0 Å². The van der Waals surface area contributed by atoms with Gasteiger partial charge in [-0.2, -0.15) is 0 Å². The summed E-state index contributed by atoms with van der Waals surface area (Å²) in [6.45, 7) is 4.05. The van der Waals surface area contributed by atoms with Crippen LogP contribution in [-0.4, -0.2) is 20.1 Å². The fraction of sp³-hybridized carbons (Fsp3) is 0.250. The first-order valence-corrected chi connectivity index (χ1v) is 6.84. The molecule has 102 valence electrons. The van der Waals surface area contributed by atoms with Gasteiger partial charge in [-0.05, 0) is 42.7 Å². The summed E-state index contributed by atoms with van der Waals surface area (Å²) in [5, 5.41) is 19.1. The van der Waals surface area contributed by atoms with Crippen LogP contribution in [-0.2, 0) is 6.42 Å². The van der Waals surface area contributed by atoms with Crippen LogP contribution in [0.25, 0.3) is 16.7 Å². The van der Waals surface area contributed by atoms with Crippen LogP contribution >= 0.6 is 0 Å². The third-order valence-electron chi connectivity index (χ3n) is 3.38. The highest BCUT2D eigenvalue weighted by molar-refractivity contribution is 5.73. The molecule has 0 atom stereocenters. The first-order chi connectivity index (χ1) is 9.69. The molecule has 0 amide bonds. The van der Waals surface area contributed by atoms with Crippen molar-refractivity contribution in [3.05, 3.63) is 47.5 Å². The third kappa shape index (κ3) is 2.13. The number of phenols is 1. The second kappa shape index (κ2) is 4.96. The molecular weight excluding hydrogens is 250 g/mol. The molecule has 2 aromatic carbocycles. The Kier molecular flexibility index (Phi) is 3.14. The van der Waals surface area contributed by atoms with Crippen LogP contribution in [0.5, 0.6) is 5.75 Å². The lowest BCUT2D eigenvalue weighted by Gasteiger charge is -2.09. The van der Waals surface area contributed by atoms with Gasteiger partial charge in [0, 0.05) is 0 Å². The highest BCUT2D eigenvalue weighted by atomic mass is 16.3. The van der Waals surface area contributed by atoms with Crippen molar-refractivity contribution in [2.45, 2.75) is 26.7 Å². The van der Waals surface area contributed by atoms with E-state index in [-0.39, 0.29) is 5.75 Å². The van der Waals surface area contributed by atoms with E-state index in [4.69, 9.17) is 0 Å². The summed E-state index contributed by atoms with van der Waals surface area (Å²) in [6.07, 6.45) is 2.05. The minimum absolute atomic E-state index is 0.241. The van der Waals surface area contributed by atoms with Crippen molar-refractivity contribution in [1.29, 1.82) is 0 Å². The maximum atomic E-state index is 10.3. The lowest BCUT2D eigenvalue weighted by molar-refractivity contribution is 0.463. The lowest BCUT2D eigenvalue weighted by atomic mass is 10.1. The number of hydrogen-bond donors (Lipinski definition) is 1. The van der Waals surface area contributed by atoms with E-state index in [1.165, 1.54) is 10.4 Å². The Balaban J connectivity index is 2.17. The summed E-state index contributed by atoms with van der Waals surface area (Å²) in [4.78, 5) is 1.52. The van der Waals surface area contributed by atoms with Crippen molar-refractivity contribution in [3.63, 3.8) is 0 Å². The minimum Gasteiger partial charge on any atom is -0.505 e. The fourth-order valence-electron chi connectivity index (χ4n) is 2.39. The van der Waals surface area contributed by atoms with Gasteiger partial charge < -0.3 is 5.11 Å². The Bertz CT molecular complexity index is 729. The van der Waals surface area contributed by atoms with Crippen LogP contribution in [0.2, 0.25) is 0 Å². The molecule has 4 heteroatoms. The zero-order valence-electron chi connectivity index (χ0n) is 11.7. The predicted octanol–water partition coefficient (Wildman–Crippen LogP) is 3.39. The number of aromatic nitrogens is 3. The van der Waals surface area contributed by atoms with Gasteiger partial charge in [0.1, 0.15) is 22.5 Å². The summed E-state index contributed by atoms with van der Waals surface area (Å²) in [5.41, 5.74) is 4.34. The van der Waals surface area contributed by atoms with Crippen molar-refractivity contribution >= 4 is 11.0 Å². The second-order valence-electron chi connectivity index (χ2n) is 5.01. The summed E-state index contributed by atoms with van der Waals surface area (Å²) in [5.74, 6) is 0.241. The van der Waals surface area contributed by atoms with Gasteiger partial charge in [0.05, 0.1) is 0 Å². The van der Waals surface area contributed by atoms with Gasteiger partial charge in [-0.1, -0.05) is 31.5 Å². The molecule has 20 heavy (non-hydrogen) atoms. The largest absolute Gasteiger partial charge is 0.505 e. The molecule has 1 heterocycles. The molecule has 0 radical (unpaired) electrons. The Labute approximate surface area is 117 Å². The Morgan fingerprint density at radius 1 is 1.10 bits per heavy atom. The SMILES string of the molecule is CCCc1cc(C)c(O)c(-n2nc3ccccc3n2)c1. The van der Waals surface area contributed by atoms with Crippen molar-refractivity contribution in [1.82, 2.24) is 15.0 Å². The first kappa shape index (κ1) is 12.7. The van der Waals surface area contributed by atoms with E-state index in [9.17, 15) is 5.11 Å². The Morgan fingerprint density at radius 3 is 2.35 bits per heavy atom. The van der Waals surface area contributed by atoms with Gasteiger partial charge in [0.2, 0.25) is 0 Å². The fourth-order valence-corrected chi connectivity index (χ4v) is 2.39. The van der Waals surface area contributed by atoms with Crippen molar-refractivity contribution in [2.75, 3.05) is 0 Å². The van der Waals surface area contributed by atoms with Crippen LogP contribution < -0.4 is 0 Å². The monoisotopic (exact) mass is 267 g/mol. The van der Waals surface area contributed by atoms with Crippen LogP contribution in [0.4, 0.5) is 0 Å². The zero-order chi connectivity index (χ0) is 14.1. The van der Waals surface area contributed by atoms with Gasteiger partial charge in [-0.25, -0.2) is 0 Å². The number of benzene rings is 2. The molecule has 0 fully saturated rings. The number of aromatic hydroxyl groups is 1. The van der Waals surface area contributed by atoms with Gasteiger partial charge in [-0.3, -0.25) is 0 Å². The maximum Gasteiger partial charge on any atom is 0.146 e. The molecular formula is C16H17N3O. The molecule has 0 saturated heterocycles. The molecule has 3 aromatic rings. The topological polar surface area (TPSA) is 50.9 Å². The number of hydrogen-bond acceptors (Lipinski definition) is 3. The van der Waals surface area contributed by atoms with E-state index < -0.39 is 0 Å². The van der Waals surface area contributed by atoms with Crippen LogP contribution in [0.1, 0.15) is 24.5 Å². The minimum atomic E-state index is 0.241. The highest BCUT2D eigenvalue weighted by Gasteiger charge is 2.12. The second-order valence-corrected chi connectivity index (χ2v) is 5.01. The molecule has 0 aliphatic rings. The smallest absolute Gasteiger partial charge is 0.146 e. The number of phenolic OH excluding ortho intramolecular Hbond substituents is 1. The molecule has 0 aliphatic carbocycles. The quantitative estimate of drug-likeness (QED) is 0.791. The molecule has 0 spiro atoms. The van der Waals surface area contributed by atoms with Crippen molar-refractivity contribution < 1.29 is 5.11 Å². The van der Waals surface area contributed by atoms with E-state index >= 15 is 0 Å². The maximum absolute atomic E-state index is 10.3. The average Bonchev–Trinajstić information content (AvgIpc) is 2.86. The summed E-state index contributed by atoms with van der Waals surface area (Å²) >= 11 is 0. The van der Waals surface area contributed by atoms with Gasteiger partial charge in [0.15, 0.2) is 0 Å². The standard InChI is InChI=1S/C16H17N3O/c1-3-6-12-9-11(2)16(20)15(10-12)19-17-13-7-4-5-8-14(13)18-19/h4-5,7-10,20H,3,6H2,1-2H3. The van der Waals surface area contributed by atoms with Crippen LogP contribution in [0.3, 0.4) is 0 Å². The van der Waals surface area contributed by atoms with Crippen LogP contribution in [0.15, 0.2) is 36.4 Å². The van der Waals surface area contributed by atoms with E-state index in [2.05, 4.69) is 17.1 Å². The predicted molar refractivity (Wildman–Crippen MR) is 79.3 cm³/mol. The van der Waals surface area contributed by atoms with E-state index in [0.717, 1.165) is 29.4 Å². The zero-order valence-corrected chi connectivity index (χ0v) is 11.7. The Morgan fingerprint density at radius 2 is 1.75 bits per heavy atom. The molecule has 1 aromatic heterocycles. The molecule has 0 bridgehead atoms. The molecule has 3 rings (SSSR count). The van der Waals surface area contributed by atoms with E-state index in [0.29, 0.717) is 5.69 Å². The number of aryl methyl sites for hydroxylation is 2. The third-order valence-corrected chi connectivity index (χ3v) is 3.38. The normalized spacial score (nSPS) is 11.1. The van der Waals surface area contributed by atoms with Crippen molar-refractivity contribution in [3.8, 4) is 11.4 Å². The van der Waals surface area contributed by atoms with Crippen LogP contribution in [0, 0.1) is 6.92 Å². The Hall–Kier alpha value is -2.36. The molecule has 0 aliphatic heterocycles. The van der Waals surface area contributed by atoms with E-state index in [1.54, 1.807) is 0 Å². The number of rotatable bonds is 3.